The Kier molecular flexibility index (Phi) is 4.92. The van der Waals surface area contributed by atoms with Crippen LogP contribution in [-0.4, -0.2) is 53.4 Å². The van der Waals surface area contributed by atoms with Crippen molar-refractivity contribution < 1.29 is 9.59 Å². The Bertz CT molecular complexity index is 747. The second-order valence-electron chi connectivity index (χ2n) is 6.23. The first-order valence-electron chi connectivity index (χ1n) is 8.21. The molecule has 1 aliphatic heterocycles. The molecule has 0 spiro atoms. The normalized spacial score (nSPS) is 14.3. The highest BCUT2D eigenvalue weighted by Crippen LogP contribution is 2.15. The third-order valence-electron chi connectivity index (χ3n) is 4.13. The van der Waals surface area contributed by atoms with Gasteiger partial charge in [-0.3, -0.25) is 9.59 Å². The number of carbonyl (C=O) groups is 2. The molecule has 0 bridgehead atoms. The van der Waals surface area contributed by atoms with Gasteiger partial charge in [0.2, 0.25) is 12.4 Å². The van der Waals surface area contributed by atoms with E-state index in [0.29, 0.717) is 37.7 Å². The summed E-state index contributed by atoms with van der Waals surface area (Å²) in [6.07, 6.45) is 3.93. The quantitative estimate of drug-likeness (QED) is 0.857. The van der Waals surface area contributed by atoms with Gasteiger partial charge in [-0.2, -0.15) is 0 Å². The van der Waals surface area contributed by atoms with Gasteiger partial charge in [-0.15, -0.1) is 0 Å². The predicted molar refractivity (Wildman–Crippen MR) is 95.8 cm³/mol. The van der Waals surface area contributed by atoms with Gasteiger partial charge in [-0.25, -0.2) is 9.97 Å². The summed E-state index contributed by atoms with van der Waals surface area (Å²) in [7, 11) is 0. The molecule has 0 aliphatic carbocycles. The van der Waals surface area contributed by atoms with E-state index in [0.717, 1.165) is 23.2 Å². The first-order chi connectivity index (χ1) is 12.0. The second kappa shape index (κ2) is 7.29. The molecule has 7 heteroatoms. The molecular formula is C18H21N5O2. The summed E-state index contributed by atoms with van der Waals surface area (Å²) in [5, 5.41) is 2.87. The van der Waals surface area contributed by atoms with Crippen LogP contribution in [0.3, 0.4) is 0 Å². The minimum absolute atomic E-state index is 0.234. The standard InChI is InChI=1S/C18H21N5O2/c1-13-7-14(2)9-16(8-13)21-17(25)15-10-19-18(20-11-15)23-5-3-22(12-24)4-6-23/h7-12H,3-6H2,1-2H3,(H,21,25). The molecule has 25 heavy (non-hydrogen) atoms. The van der Waals surface area contributed by atoms with Crippen molar-refractivity contribution in [1.29, 1.82) is 0 Å². The number of aryl methyl sites for hydroxylation is 2. The number of amides is 2. The summed E-state index contributed by atoms with van der Waals surface area (Å²) in [6, 6.07) is 5.90. The van der Waals surface area contributed by atoms with E-state index >= 15 is 0 Å². The van der Waals surface area contributed by atoms with E-state index in [9.17, 15) is 9.59 Å². The maximum Gasteiger partial charge on any atom is 0.258 e. The average molecular weight is 339 g/mol. The molecule has 2 heterocycles. The zero-order valence-corrected chi connectivity index (χ0v) is 14.4. The van der Waals surface area contributed by atoms with E-state index in [-0.39, 0.29) is 5.91 Å². The Hall–Kier alpha value is -2.96. The van der Waals surface area contributed by atoms with Crippen LogP contribution >= 0.6 is 0 Å². The third kappa shape index (κ3) is 4.12. The van der Waals surface area contributed by atoms with Gasteiger partial charge in [0.15, 0.2) is 0 Å². The van der Waals surface area contributed by atoms with E-state index in [4.69, 9.17) is 0 Å². The van der Waals surface area contributed by atoms with Gasteiger partial charge in [0.05, 0.1) is 5.56 Å². The fourth-order valence-electron chi connectivity index (χ4n) is 2.88. The SMILES string of the molecule is Cc1cc(C)cc(NC(=O)c2cnc(N3CCN(C=O)CC3)nc2)c1. The van der Waals surface area contributed by atoms with Crippen molar-refractivity contribution in [2.75, 3.05) is 36.4 Å². The number of nitrogens with one attached hydrogen (secondary N) is 1. The van der Waals surface area contributed by atoms with Crippen molar-refractivity contribution in [3.05, 3.63) is 47.3 Å². The van der Waals surface area contributed by atoms with Gasteiger partial charge >= 0.3 is 0 Å². The zero-order valence-electron chi connectivity index (χ0n) is 14.4. The summed E-state index contributed by atoms with van der Waals surface area (Å²) >= 11 is 0. The highest BCUT2D eigenvalue weighted by Gasteiger charge is 2.18. The molecule has 0 atom stereocenters. The fraction of sp³-hybridized carbons (Fsp3) is 0.333. The van der Waals surface area contributed by atoms with Crippen LogP contribution in [0.25, 0.3) is 0 Å². The topological polar surface area (TPSA) is 78.4 Å². The largest absolute Gasteiger partial charge is 0.342 e. The fourth-order valence-corrected chi connectivity index (χ4v) is 2.88. The smallest absolute Gasteiger partial charge is 0.258 e. The van der Waals surface area contributed by atoms with Crippen LogP contribution in [-0.2, 0) is 4.79 Å². The van der Waals surface area contributed by atoms with Crippen LogP contribution in [0.15, 0.2) is 30.6 Å². The number of benzene rings is 1. The Morgan fingerprint density at radius 3 is 2.20 bits per heavy atom. The molecule has 130 valence electrons. The van der Waals surface area contributed by atoms with Crippen molar-refractivity contribution >= 4 is 24.0 Å². The molecule has 1 N–H and O–H groups in total. The number of hydrogen-bond acceptors (Lipinski definition) is 5. The predicted octanol–water partition coefficient (Wildman–Crippen LogP) is 1.62. The van der Waals surface area contributed by atoms with Crippen LogP contribution in [0.2, 0.25) is 0 Å². The lowest BCUT2D eigenvalue weighted by Crippen LogP contribution is -2.46. The van der Waals surface area contributed by atoms with Crippen LogP contribution in [0, 0.1) is 13.8 Å². The lowest BCUT2D eigenvalue weighted by molar-refractivity contribution is -0.118. The summed E-state index contributed by atoms with van der Waals surface area (Å²) in [5.41, 5.74) is 3.36. The number of hydrogen-bond donors (Lipinski definition) is 1. The maximum absolute atomic E-state index is 12.4. The van der Waals surface area contributed by atoms with E-state index < -0.39 is 0 Å². The molecule has 2 aromatic rings. The summed E-state index contributed by atoms with van der Waals surface area (Å²) in [4.78, 5) is 35.4. The molecule has 1 fully saturated rings. The van der Waals surface area contributed by atoms with Gasteiger partial charge in [-0.1, -0.05) is 6.07 Å². The summed E-state index contributed by atoms with van der Waals surface area (Å²) < 4.78 is 0. The Morgan fingerprint density at radius 1 is 1.04 bits per heavy atom. The van der Waals surface area contributed by atoms with E-state index in [1.54, 1.807) is 4.90 Å². The highest BCUT2D eigenvalue weighted by atomic mass is 16.1. The number of aromatic nitrogens is 2. The lowest BCUT2D eigenvalue weighted by atomic mass is 10.1. The minimum Gasteiger partial charge on any atom is -0.342 e. The third-order valence-corrected chi connectivity index (χ3v) is 4.13. The monoisotopic (exact) mass is 339 g/mol. The summed E-state index contributed by atoms with van der Waals surface area (Å²) in [6.45, 7) is 6.67. The maximum atomic E-state index is 12.4. The van der Waals surface area contributed by atoms with Crippen LogP contribution < -0.4 is 10.2 Å². The number of carbonyl (C=O) groups excluding carboxylic acids is 2. The molecule has 0 unspecified atom stereocenters. The van der Waals surface area contributed by atoms with Crippen LogP contribution in [0.5, 0.6) is 0 Å². The molecule has 0 radical (unpaired) electrons. The van der Waals surface area contributed by atoms with Gasteiger partial charge in [0, 0.05) is 44.3 Å². The molecule has 3 rings (SSSR count). The Morgan fingerprint density at radius 2 is 1.64 bits per heavy atom. The van der Waals surface area contributed by atoms with Gasteiger partial charge in [0.1, 0.15) is 0 Å². The minimum atomic E-state index is -0.234. The number of rotatable bonds is 4. The zero-order chi connectivity index (χ0) is 17.8. The number of anilines is 2. The van der Waals surface area contributed by atoms with Crippen molar-refractivity contribution in [2.45, 2.75) is 13.8 Å². The molecule has 2 amide bonds. The molecule has 7 nitrogen and oxygen atoms in total. The molecule has 1 saturated heterocycles. The summed E-state index contributed by atoms with van der Waals surface area (Å²) in [5.74, 6) is 0.343. The Balaban J connectivity index is 1.65. The molecule has 0 saturated carbocycles. The molecule has 1 aromatic carbocycles. The molecular weight excluding hydrogens is 318 g/mol. The van der Waals surface area contributed by atoms with E-state index in [1.807, 2.05) is 30.9 Å². The van der Waals surface area contributed by atoms with Crippen molar-refractivity contribution in [2.24, 2.45) is 0 Å². The lowest BCUT2D eigenvalue weighted by Gasteiger charge is -2.32. The van der Waals surface area contributed by atoms with Crippen molar-refractivity contribution in [3.8, 4) is 0 Å². The van der Waals surface area contributed by atoms with E-state index in [1.165, 1.54) is 12.4 Å². The average Bonchev–Trinajstić information content (AvgIpc) is 2.61. The van der Waals surface area contributed by atoms with Gasteiger partial charge in [0.25, 0.3) is 5.91 Å². The van der Waals surface area contributed by atoms with Crippen molar-refractivity contribution in [1.82, 2.24) is 14.9 Å². The second-order valence-corrected chi connectivity index (χ2v) is 6.23. The van der Waals surface area contributed by atoms with Crippen molar-refractivity contribution in [3.63, 3.8) is 0 Å². The highest BCUT2D eigenvalue weighted by molar-refractivity contribution is 6.04. The van der Waals surface area contributed by atoms with E-state index in [2.05, 4.69) is 21.4 Å². The van der Waals surface area contributed by atoms with Gasteiger partial charge in [-0.05, 0) is 37.1 Å². The van der Waals surface area contributed by atoms with Crippen LogP contribution in [0.4, 0.5) is 11.6 Å². The number of nitrogens with zero attached hydrogens (tertiary/aromatic N) is 4. The molecule has 1 aromatic heterocycles. The first kappa shape index (κ1) is 16.9. The van der Waals surface area contributed by atoms with Crippen LogP contribution in [0.1, 0.15) is 21.5 Å². The first-order valence-corrected chi connectivity index (χ1v) is 8.21. The number of piperazine rings is 1. The Labute approximate surface area is 146 Å². The molecule has 1 aliphatic rings. The van der Waals surface area contributed by atoms with Gasteiger partial charge < -0.3 is 15.1 Å².